The van der Waals surface area contributed by atoms with Gasteiger partial charge in [0.1, 0.15) is 0 Å². The Hall–Kier alpha value is -2.39. The van der Waals surface area contributed by atoms with Gasteiger partial charge in [-0.25, -0.2) is 5.06 Å². The fourth-order valence-electron chi connectivity index (χ4n) is 3.22. The van der Waals surface area contributed by atoms with Gasteiger partial charge in [0.2, 0.25) is 0 Å². The second kappa shape index (κ2) is 6.25. The van der Waals surface area contributed by atoms with Crippen molar-refractivity contribution in [3.63, 3.8) is 0 Å². The summed E-state index contributed by atoms with van der Waals surface area (Å²) in [6, 6.07) is 16.3. The van der Waals surface area contributed by atoms with Crippen LogP contribution >= 0.6 is 0 Å². The molecule has 0 saturated heterocycles. The van der Waals surface area contributed by atoms with Gasteiger partial charge >= 0.3 is 0 Å². The molecule has 0 heterocycles. The first-order chi connectivity index (χ1) is 11.4. The van der Waals surface area contributed by atoms with Crippen molar-refractivity contribution in [3.05, 3.63) is 76.9 Å². The number of hydrogen-bond acceptors (Lipinski definition) is 2. The van der Waals surface area contributed by atoms with E-state index < -0.39 is 0 Å². The lowest BCUT2D eigenvalue weighted by molar-refractivity contribution is -0.0757. The highest BCUT2D eigenvalue weighted by Crippen LogP contribution is 2.41. The van der Waals surface area contributed by atoms with Gasteiger partial charge in [0.25, 0.3) is 5.91 Å². The highest BCUT2D eigenvalue weighted by Gasteiger charge is 2.29. The van der Waals surface area contributed by atoms with Gasteiger partial charge in [0, 0.05) is 12.6 Å². The Kier molecular flexibility index (Phi) is 4.29. The summed E-state index contributed by atoms with van der Waals surface area (Å²) in [5, 5.41) is 1.25. The van der Waals surface area contributed by atoms with Gasteiger partial charge in [-0.1, -0.05) is 56.3 Å². The Labute approximate surface area is 143 Å². The van der Waals surface area contributed by atoms with E-state index in [2.05, 4.69) is 38.1 Å². The second-order valence-corrected chi connectivity index (χ2v) is 6.82. The number of allylic oxidation sites excluding steroid dienone is 1. The smallest absolute Gasteiger partial charge is 0.274 e. The van der Waals surface area contributed by atoms with E-state index in [9.17, 15) is 4.79 Å². The van der Waals surface area contributed by atoms with Crippen LogP contribution in [-0.2, 0) is 10.3 Å². The summed E-state index contributed by atoms with van der Waals surface area (Å²) in [6.45, 7) is 4.49. The zero-order chi connectivity index (χ0) is 17.3. The summed E-state index contributed by atoms with van der Waals surface area (Å²) in [6.07, 6.45) is 3.27. The number of hydrogen-bond donors (Lipinski definition) is 0. The van der Waals surface area contributed by atoms with Crippen LogP contribution in [0.5, 0.6) is 0 Å². The Bertz CT molecular complexity index is 791. The van der Waals surface area contributed by atoms with Crippen LogP contribution in [0.3, 0.4) is 0 Å². The maximum absolute atomic E-state index is 12.4. The van der Waals surface area contributed by atoms with Crippen LogP contribution < -0.4 is 0 Å². The normalized spacial score (nSPS) is 15.4. The third kappa shape index (κ3) is 2.87. The van der Waals surface area contributed by atoms with Gasteiger partial charge in [-0.15, -0.1) is 0 Å². The van der Waals surface area contributed by atoms with E-state index in [1.54, 1.807) is 7.05 Å². The number of carbonyl (C=O) groups excluding carboxylic acids is 1. The largest absolute Gasteiger partial charge is 0.277 e. The summed E-state index contributed by atoms with van der Waals surface area (Å²) < 4.78 is 0. The Morgan fingerprint density at radius 1 is 1.12 bits per heavy atom. The Morgan fingerprint density at radius 2 is 1.83 bits per heavy atom. The van der Waals surface area contributed by atoms with Crippen LogP contribution in [0.4, 0.5) is 0 Å². The molecule has 1 aliphatic carbocycles. The molecule has 0 fully saturated rings. The second-order valence-electron chi connectivity index (χ2n) is 6.82. The molecule has 3 nitrogen and oxygen atoms in total. The predicted molar refractivity (Wildman–Crippen MR) is 96.7 cm³/mol. The summed E-state index contributed by atoms with van der Waals surface area (Å²) >= 11 is 0. The van der Waals surface area contributed by atoms with Gasteiger partial charge in [-0.2, -0.15) is 0 Å². The third-order valence-electron chi connectivity index (χ3n) is 4.75. The molecule has 24 heavy (non-hydrogen) atoms. The number of amides is 1. The Morgan fingerprint density at radius 3 is 2.50 bits per heavy atom. The molecule has 2 aromatic rings. The molecular weight excluding hydrogens is 298 g/mol. The first-order valence-corrected chi connectivity index (χ1v) is 8.16. The highest BCUT2D eigenvalue weighted by atomic mass is 16.7. The molecule has 124 valence electrons. The highest BCUT2D eigenvalue weighted by molar-refractivity contribution is 5.95. The molecule has 0 N–H and O–H groups in total. The molecule has 0 bridgehead atoms. The van der Waals surface area contributed by atoms with Crippen LogP contribution in [0, 0.1) is 0 Å². The van der Waals surface area contributed by atoms with Crippen LogP contribution in [0.25, 0.3) is 5.57 Å². The van der Waals surface area contributed by atoms with Gasteiger partial charge in [0.15, 0.2) is 0 Å². The topological polar surface area (TPSA) is 29.5 Å². The molecular formula is C21H23NO2. The molecule has 3 heteroatoms. The molecule has 0 aromatic heterocycles. The number of rotatable bonds is 3. The molecule has 3 rings (SSSR count). The van der Waals surface area contributed by atoms with Crippen LogP contribution in [-0.4, -0.2) is 25.1 Å². The summed E-state index contributed by atoms with van der Waals surface area (Å²) in [5.41, 5.74) is 5.48. The fourth-order valence-corrected chi connectivity index (χ4v) is 3.22. The van der Waals surface area contributed by atoms with Crippen molar-refractivity contribution in [1.29, 1.82) is 0 Å². The molecule has 2 aromatic carbocycles. The van der Waals surface area contributed by atoms with Gasteiger partial charge in [0.05, 0.1) is 7.11 Å². The number of fused-ring (bicyclic) bond motifs is 1. The van der Waals surface area contributed by atoms with E-state index in [-0.39, 0.29) is 11.3 Å². The molecule has 0 unspecified atom stereocenters. The monoisotopic (exact) mass is 321 g/mol. The van der Waals surface area contributed by atoms with E-state index in [0.29, 0.717) is 5.56 Å². The molecule has 0 spiro atoms. The minimum absolute atomic E-state index is 0.0579. The molecule has 0 saturated carbocycles. The average Bonchev–Trinajstić information content (AvgIpc) is 2.61. The lowest BCUT2D eigenvalue weighted by atomic mass is 9.72. The first-order valence-electron chi connectivity index (χ1n) is 8.16. The van der Waals surface area contributed by atoms with E-state index in [0.717, 1.165) is 12.0 Å². The van der Waals surface area contributed by atoms with E-state index in [1.807, 2.05) is 30.3 Å². The van der Waals surface area contributed by atoms with Gasteiger partial charge in [-0.3, -0.25) is 9.63 Å². The van der Waals surface area contributed by atoms with Crippen molar-refractivity contribution in [2.45, 2.75) is 25.7 Å². The molecule has 0 atom stereocenters. The van der Waals surface area contributed by atoms with Crippen molar-refractivity contribution < 1.29 is 9.63 Å². The minimum Gasteiger partial charge on any atom is -0.274 e. The average molecular weight is 321 g/mol. The first kappa shape index (κ1) is 16.5. The van der Waals surface area contributed by atoms with Crippen molar-refractivity contribution >= 4 is 11.5 Å². The van der Waals surface area contributed by atoms with Crippen LogP contribution in [0.2, 0.25) is 0 Å². The van der Waals surface area contributed by atoms with E-state index >= 15 is 0 Å². The predicted octanol–water partition coefficient (Wildman–Crippen LogP) is 4.43. The zero-order valence-electron chi connectivity index (χ0n) is 14.7. The molecule has 1 amide bonds. The van der Waals surface area contributed by atoms with Gasteiger partial charge in [-0.05, 0) is 46.2 Å². The quantitative estimate of drug-likeness (QED) is 0.783. The SMILES string of the molecule is CON(C)C(=O)c1ccc2c(c1)C(c1ccccc1)=CCC2(C)C. The van der Waals surface area contributed by atoms with E-state index in [4.69, 9.17) is 4.84 Å². The van der Waals surface area contributed by atoms with Crippen LogP contribution in [0.1, 0.15) is 47.3 Å². The maximum atomic E-state index is 12.4. The minimum atomic E-state index is -0.143. The number of benzene rings is 2. The maximum Gasteiger partial charge on any atom is 0.277 e. The number of hydroxylamine groups is 2. The van der Waals surface area contributed by atoms with Crippen molar-refractivity contribution in [1.82, 2.24) is 5.06 Å². The van der Waals surface area contributed by atoms with Crippen molar-refractivity contribution in [2.75, 3.05) is 14.2 Å². The number of nitrogens with zero attached hydrogens (tertiary/aromatic N) is 1. The Balaban J connectivity index is 2.13. The van der Waals surface area contributed by atoms with Gasteiger partial charge < -0.3 is 0 Å². The summed E-state index contributed by atoms with van der Waals surface area (Å²) in [5.74, 6) is -0.143. The third-order valence-corrected chi connectivity index (χ3v) is 4.75. The summed E-state index contributed by atoms with van der Waals surface area (Å²) in [7, 11) is 3.12. The standard InChI is InChI=1S/C21H23NO2/c1-21(2)13-12-17(15-8-6-5-7-9-15)18-14-16(10-11-19(18)21)20(23)22(3)24-4/h5-12,14H,13H2,1-4H3. The molecule has 0 aliphatic heterocycles. The molecule has 0 radical (unpaired) electrons. The summed E-state index contributed by atoms with van der Waals surface area (Å²) in [4.78, 5) is 17.5. The van der Waals surface area contributed by atoms with Crippen LogP contribution in [0.15, 0.2) is 54.6 Å². The zero-order valence-corrected chi connectivity index (χ0v) is 14.7. The lowest BCUT2D eigenvalue weighted by Gasteiger charge is -2.32. The van der Waals surface area contributed by atoms with E-state index in [1.165, 1.54) is 28.9 Å². The fraction of sp³-hybridized carbons (Fsp3) is 0.286. The number of carbonyl (C=O) groups is 1. The van der Waals surface area contributed by atoms with Crippen molar-refractivity contribution in [2.24, 2.45) is 0 Å². The van der Waals surface area contributed by atoms with Crippen molar-refractivity contribution in [3.8, 4) is 0 Å². The lowest BCUT2D eigenvalue weighted by Crippen LogP contribution is -2.27. The molecule has 1 aliphatic rings.